The summed E-state index contributed by atoms with van der Waals surface area (Å²) in [4.78, 5) is 12.8. The van der Waals surface area contributed by atoms with Crippen molar-refractivity contribution in [1.29, 1.82) is 0 Å². The van der Waals surface area contributed by atoms with Crippen LogP contribution in [0.25, 0.3) is 0 Å². The fourth-order valence-corrected chi connectivity index (χ4v) is 5.14. The lowest BCUT2D eigenvalue weighted by atomic mass is 9.96. The van der Waals surface area contributed by atoms with Crippen LogP contribution in [-0.4, -0.2) is 45.9 Å². The van der Waals surface area contributed by atoms with E-state index in [0.717, 1.165) is 5.56 Å². The third-order valence-electron chi connectivity index (χ3n) is 5.55. The Morgan fingerprint density at radius 2 is 1.68 bits per heavy atom. The Hall–Kier alpha value is -2.65. The molecule has 1 saturated heterocycles. The Balaban J connectivity index is 1.61. The van der Waals surface area contributed by atoms with Gasteiger partial charge in [0, 0.05) is 25.1 Å². The molecule has 9 heteroatoms. The maximum Gasteiger partial charge on any atom is 0.243 e. The van der Waals surface area contributed by atoms with Gasteiger partial charge < -0.3 is 14.8 Å². The van der Waals surface area contributed by atoms with Crippen molar-refractivity contribution in [2.24, 2.45) is 5.92 Å². The number of sulfonamides is 1. The lowest BCUT2D eigenvalue weighted by Crippen LogP contribution is -2.43. The number of hydrogen-bond acceptors (Lipinski definition) is 5. The summed E-state index contributed by atoms with van der Waals surface area (Å²) in [6.45, 7) is 2.33. The normalized spacial score (nSPS) is 16.5. The predicted octanol–water partition coefficient (Wildman–Crippen LogP) is 3.12. The van der Waals surface area contributed by atoms with Gasteiger partial charge in [-0.15, -0.1) is 0 Å². The van der Waals surface area contributed by atoms with Gasteiger partial charge in [-0.2, -0.15) is 4.31 Å². The number of methoxy groups -OCH3 is 2. The Morgan fingerprint density at radius 3 is 2.26 bits per heavy atom. The van der Waals surface area contributed by atoms with Crippen molar-refractivity contribution < 1.29 is 27.1 Å². The number of carbonyl (C=O) groups is 1. The molecule has 2 aromatic carbocycles. The van der Waals surface area contributed by atoms with Crippen molar-refractivity contribution in [1.82, 2.24) is 9.62 Å². The highest BCUT2D eigenvalue weighted by molar-refractivity contribution is 7.89. The number of benzene rings is 2. The van der Waals surface area contributed by atoms with E-state index in [2.05, 4.69) is 5.32 Å². The number of halogens is 1. The number of nitrogens with zero attached hydrogens (tertiary/aromatic N) is 1. The Bertz CT molecular complexity index is 1020. The van der Waals surface area contributed by atoms with E-state index < -0.39 is 10.0 Å². The summed E-state index contributed by atoms with van der Waals surface area (Å²) >= 11 is 0. The molecule has 1 atom stereocenters. The molecule has 1 fully saturated rings. The summed E-state index contributed by atoms with van der Waals surface area (Å²) in [5.41, 5.74) is 0.809. The maximum absolute atomic E-state index is 13.1. The highest BCUT2D eigenvalue weighted by atomic mass is 32.2. The molecule has 1 heterocycles. The Morgan fingerprint density at radius 1 is 1.06 bits per heavy atom. The van der Waals surface area contributed by atoms with E-state index in [1.807, 2.05) is 6.92 Å². The van der Waals surface area contributed by atoms with Crippen LogP contribution < -0.4 is 14.8 Å². The van der Waals surface area contributed by atoms with Crippen LogP contribution in [0.1, 0.15) is 31.4 Å². The van der Waals surface area contributed by atoms with Gasteiger partial charge in [0.2, 0.25) is 15.9 Å². The molecule has 0 aliphatic carbocycles. The standard InChI is InChI=1S/C22H27FN2O5S/c1-15(16-4-6-18(23)7-5-16)24-22(26)17-10-12-25(13-11-17)31(27,28)19-8-9-20(29-2)21(14-19)30-3/h4-9,14-15,17H,10-13H2,1-3H3,(H,24,26). The lowest BCUT2D eigenvalue weighted by molar-refractivity contribution is -0.126. The average Bonchev–Trinajstić information content (AvgIpc) is 2.78. The van der Waals surface area contributed by atoms with E-state index in [1.165, 1.54) is 42.8 Å². The molecule has 0 saturated carbocycles. The summed E-state index contributed by atoms with van der Waals surface area (Å²) in [6, 6.07) is 10.2. The first-order valence-corrected chi connectivity index (χ1v) is 11.5. The molecule has 31 heavy (non-hydrogen) atoms. The average molecular weight is 451 g/mol. The largest absolute Gasteiger partial charge is 0.493 e. The first-order chi connectivity index (χ1) is 14.8. The highest BCUT2D eigenvalue weighted by Gasteiger charge is 2.33. The van der Waals surface area contributed by atoms with Crippen molar-refractivity contribution in [2.75, 3.05) is 27.3 Å². The molecular weight excluding hydrogens is 423 g/mol. The van der Waals surface area contributed by atoms with Crippen LogP contribution >= 0.6 is 0 Å². The van der Waals surface area contributed by atoms with Crippen LogP contribution in [0, 0.1) is 11.7 Å². The number of amides is 1. The fraction of sp³-hybridized carbons (Fsp3) is 0.409. The number of hydrogen-bond donors (Lipinski definition) is 1. The summed E-state index contributed by atoms with van der Waals surface area (Å²) in [5.74, 6) is 0.0600. The number of carbonyl (C=O) groups excluding carboxylic acids is 1. The van der Waals surface area contributed by atoms with E-state index >= 15 is 0 Å². The van der Waals surface area contributed by atoms with Crippen LogP contribution in [0.2, 0.25) is 0 Å². The van der Waals surface area contributed by atoms with Gasteiger partial charge in [-0.05, 0) is 49.6 Å². The van der Waals surface area contributed by atoms with Crippen molar-refractivity contribution in [3.05, 3.63) is 53.8 Å². The van der Waals surface area contributed by atoms with Gasteiger partial charge >= 0.3 is 0 Å². The topological polar surface area (TPSA) is 84.9 Å². The molecule has 3 rings (SSSR count). The van der Waals surface area contributed by atoms with Crippen molar-refractivity contribution in [2.45, 2.75) is 30.7 Å². The first kappa shape index (κ1) is 23.0. The molecule has 1 amide bonds. The van der Waals surface area contributed by atoms with Crippen LogP contribution in [0.3, 0.4) is 0 Å². The molecule has 0 spiro atoms. The van der Waals surface area contributed by atoms with Gasteiger partial charge in [0.25, 0.3) is 0 Å². The van der Waals surface area contributed by atoms with Gasteiger partial charge in [-0.3, -0.25) is 4.79 Å². The zero-order valence-electron chi connectivity index (χ0n) is 17.8. The van der Waals surface area contributed by atoms with Crippen LogP contribution in [0.4, 0.5) is 4.39 Å². The molecule has 0 radical (unpaired) electrons. The quantitative estimate of drug-likeness (QED) is 0.701. The molecule has 0 bridgehead atoms. The number of piperidine rings is 1. The Kier molecular flexibility index (Phi) is 7.17. The molecule has 1 unspecified atom stereocenters. The highest BCUT2D eigenvalue weighted by Crippen LogP contribution is 2.32. The second kappa shape index (κ2) is 9.65. The van der Waals surface area contributed by atoms with Crippen molar-refractivity contribution in [3.8, 4) is 11.5 Å². The molecule has 1 N–H and O–H groups in total. The third-order valence-corrected chi connectivity index (χ3v) is 7.44. The zero-order valence-corrected chi connectivity index (χ0v) is 18.6. The van der Waals surface area contributed by atoms with Crippen LogP contribution in [0.15, 0.2) is 47.4 Å². The van der Waals surface area contributed by atoms with E-state index in [-0.39, 0.29) is 41.7 Å². The number of rotatable bonds is 7. The van der Waals surface area contributed by atoms with E-state index in [9.17, 15) is 17.6 Å². The molecular formula is C22H27FN2O5S. The smallest absolute Gasteiger partial charge is 0.243 e. The van der Waals surface area contributed by atoms with Gasteiger partial charge in [-0.25, -0.2) is 12.8 Å². The lowest BCUT2D eigenvalue weighted by Gasteiger charge is -2.31. The summed E-state index contributed by atoms with van der Waals surface area (Å²) in [5, 5.41) is 2.94. The predicted molar refractivity (Wildman–Crippen MR) is 114 cm³/mol. The van der Waals surface area contributed by atoms with E-state index in [4.69, 9.17) is 9.47 Å². The second-order valence-electron chi connectivity index (χ2n) is 7.48. The molecule has 1 aliphatic heterocycles. The summed E-state index contributed by atoms with van der Waals surface area (Å²) in [6.07, 6.45) is 0.850. The maximum atomic E-state index is 13.1. The first-order valence-electron chi connectivity index (χ1n) is 10.0. The molecule has 168 valence electrons. The number of ether oxygens (including phenoxy) is 2. The van der Waals surface area contributed by atoms with Gasteiger partial charge in [0.15, 0.2) is 11.5 Å². The molecule has 1 aliphatic rings. The summed E-state index contributed by atoms with van der Waals surface area (Å²) < 4.78 is 50.9. The second-order valence-corrected chi connectivity index (χ2v) is 9.41. The third kappa shape index (κ3) is 5.16. The van der Waals surface area contributed by atoms with Gasteiger partial charge in [0.05, 0.1) is 25.2 Å². The molecule has 0 aromatic heterocycles. The van der Waals surface area contributed by atoms with Gasteiger partial charge in [-0.1, -0.05) is 12.1 Å². The minimum atomic E-state index is -3.71. The zero-order chi connectivity index (χ0) is 22.6. The van der Waals surface area contributed by atoms with Crippen molar-refractivity contribution in [3.63, 3.8) is 0 Å². The molecule has 7 nitrogen and oxygen atoms in total. The minimum Gasteiger partial charge on any atom is -0.493 e. The SMILES string of the molecule is COc1ccc(S(=O)(=O)N2CCC(C(=O)NC(C)c3ccc(F)cc3)CC2)cc1OC. The monoisotopic (exact) mass is 450 g/mol. The molecule has 2 aromatic rings. The van der Waals surface area contributed by atoms with E-state index in [1.54, 1.807) is 18.2 Å². The van der Waals surface area contributed by atoms with Crippen molar-refractivity contribution >= 4 is 15.9 Å². The Labute approximate surface area is 182 Å². The van der Waals surface area contributed by atoms with Gasteiger partial charge in [0.1, 0.15) is 5.82 Å². The number of nitrogens with one attached hydrogen (secondary N) is 1. The van der Waals surface area contributed by atoms with Crippen LogP contribution in [-0.2, 0) is 14.8 Å². The van der Waals surface area contributed by atoms with E-state index in [0.29, 0.717) is 24.3 Å². The summed E-state index contributed by atoms with van der Waals surface area (Å²) in [7, 11) is -0.774. The van der Waals surface area contributed by atoms with Crippen LogP contribution in [0.5, 0.6) is 11.5 Å². The minimum absolute atomic E-state index is 0.123. The fourth-order valence-electron chi connectivity index (χ4n) is 3.65.